The molecule has 0 aliphatic carbocycles. The zero-order chi connectivity index (χ0) is 31.5. The number of pyridine rings is 1. The molecule has 0 aliphatic heterocycles. The van der Waals surface area contributed by atoms with Crippen molar-refractivity contribution in [3.8, 4) is 0 Å². The van der Waals surface area contributed by atoms with Gasteiger partial charge in [-0.15, -0.1) is 0 Å². The summed E-state index contributed by atoms with van der Waals surface area (Å²) < 4.78 is 22.8. The lowest BCUT2D eigenvalue weighted by Gasteiger charge is -2.27. The van der Waals surface area contributed by atoms with Crippen molar-refractivity contribution in [1.82, 2.24) is 14.8 Å². The second-order valence-electron chi connectivity index (χ2n) is 12.0. The first-order valence-electron chi connectivity index (χ1n) is 14.2. The van der Waals surface area contributed by atoms with Crippen LogP contribution < -0.4 is 21.3 Å². The lowest BCUT2D eigenvalue weighted by Crippen LogP contribution is -2.34. The molecule has 2 aromatic heterocycles. The van der Waals surface area contributed by atoms with E-state index in [0.717, 1.165) is 28.4 Å². The molecule has 0 bridgehead atoms. The first kappa shape index (κ1) is 31.3. The SMILES string of the molecule is C[C@H](CC(=O)OC(C)(C)C)[C@@H](Cc1ccccc1)Nc1nc(Nc2ccc3c(c2)c(N(C)C)nn3C)c(C(N)=O)cc1F. The maximum atomic E-state index is 15.5. The summed E-state index contributed by atoms with van der Waals surface area (Å²) in [5, 5.41) is 11.8. The molecule has 0 fully saturated rings. The number of primary amides is 1. The van der Waals surface area contributed by atoms with Gasteiger partial charge in [0.05, 0.1) is 17.5 Å². The van der Waals surface area contributed by atoms with Crippen molar-refractivity contribution in [1.29, 1.82) is 0 Å². The molecular formula is C32H40FN7O3. The molecule has 2 heterocycles. The van der Waals surface area contributed by atoms with Crippen LogP contribution in [0.2, 0.25) is 0 Å². The van der Waals surface area contributed by atoms with E-state index in [4.69, 9.17) is 10.5 Å². The molecule has 0 saturated carbocycles. The Balaban J connectivity index is 1.68. The average Bonchev–Trinajstić information content (AvgIpc) is 3.25. The number of ether oxygens (including phenoxy) is 1. The Bertz CT molecular complexity index is 1610. The molecule has 0 radical (unpaired) electrons. The fourth-order valence-electron chi connectivity index (χ4n) is 4.89. The lowest BCUT2D eigenvalue weighted by atomic mass is 9.92. The number of nitrogens with zero attached hydrogens (tertiary/aromatic N) is 4. The summed E-state index contributed by atoms with van der Waals surface area (Å²) in [4.78, 5) is 31.4. The molecule has 4 aromatic rings. The van der Waals surface area contributed by atoms with Crippen LogP contribution in [0.4, 0.5) is 27.5 Å². The van der Waals surface area contributed by atoms with E-state index in [1.807, 2.05) is 102 Å². The third-order valence-electron chi connectivity index (χ3n) is 6.97. The van der Waals surface area contributed by atoms with E-state index in [1.54, 1.807) is 4.68 Å². The third kappa shape index (κ3) is 7.79. The Morgan fingerprint density at radius 1 is 1.09 bits per heavy atom. The van der Waals surface area contributed by atoms with Gasteiger partial charge in [0.25, 0.3) is 5.91 Å². The first-order chi connectivity index (χ1) is 20.2. The number of carbonyl (C=O) groups is 2. The summed E-state index contributed by atoms with van der Waals surface area (Å²) in [7, 11) is 5.67. The molecular weight excluding hydrogens is 549 g/mol. The highest BCUT2D eigenvalue weighted by atomic mass is 19.1. The number of aryl methyl sites for hydroxylation is 1. The van der Waals surface area contributed by atoms with Crippen molar-refractivity contribution in [2.75, 3.05) is 29.6 Å². The zero-order valence-electron chi connectivity index (χ0n) is 25.7. The minimum atomic E-state index is -0.823. The van der Waals surface area contributed by atoms with E-state index in [0.29, 0.717) is 12.1 Å². The van der Waals surface area contributed by atoms with Crippen LogP contribution in [0.1, 0.15) is 50.0 Å². The number of halogens is 1. The van der Waals surface area contributed by atoms with E-state index in [2.05, 4.69) is 20.7 Å². The number of esters is 1. The predicted molar refractivity (Wildman–Crippen MR) is 168 cm³/mol. The minimum Gasteiger partial charge on any atom is -0.460 e. The van der Waals surface area contributed by atoms with Crippen molar-refractivity contribution in [2.24, 2.45) is 18.7 Å². The zero-order valence-corrected chi connectivity index (χ0v) is 25.7. The number of hydrogen-bond acceptors (Lipinski definition) is 8. The van der Waals surface area contributed by atoms with Crippen LogP contribution >= 0.6 is 0 Å². The van der Waals surface area contributed by atoms with Gasteiger partial charge in [-0.3, -0.25) is 14.3 Å². The van der Waals surface area contributed by atoms with Gasteiger partial charge in [-0.05, 0) is 62.9 Å². The Hall–Kier alpha value is -4.67. The van der Waals surface area contributed by atoms with Crippen molar-refractivity contribution in [3.05, 3.63) is 71.5 Å². The molecule has 4 N–H and O–H groups in total. The standard InChI is InChI=1S/C32H40FN7O3/c1-19(15-27(41)43-32(2,3)4)25(16-20-11-9-8-10-12-20)36-30-24(33)18-23(28(34)42)29(37-30)35-21-13-14-26-22(17-21)31(39(5)6)38-40(26)7/h8-14,17-19,25H,15-16H2,1-7H3,(H2,34,42)(H2,35,36,37)/t19-,25-/m1/s1. The van der Waals surface area contributed by atoms with E-state index in [-0.39, 0.29) is 35.5 Å². The molecule has 10 nitrogen and oxygen atoms in total. The van der Waals surface area contributed by atoms with E-state index < -0.39 is 23.4 Å². The number of fused-ring (bicyclic) bond motifs is 1. The molecule has 228 valence electrons. The van der Waals surface area contributed by atoms with Gasteiger partial charge in [0, 0.05) is 38.3 Å². The molecule has 0 spiro atoms. The molecule has 2 atom stereocenters. The van der Waals surface area contributed by atoms with Crippen LogP contribution in [0.5, 0.6) is 0 Å². The van der Waals surface area contributed by atoms with E-state index >= 15 is 4.39 Å². The Kier molecular flexibility index (Phi) is 9.22. The van der Waals surface area contributed by atoms with E-state index in [9.17, 15) is 9.59 Å². The molecule has 0 saturated heterocycles. The minimum absolute atomic E-state index is 0.0686. The van der Waals surface area contributed by atoms with Crippen LogP contribution in [0.15, 0.2) is 54.6 Å². The van der Waals surface area contributed by atoms with Crippen molar-refractivity contribution in [3.63, 3.8) is 0 Å². The molecule has 0 aliphatic rings. The number of nitrogens with one attached hydrogen (secondary N) is 2. The quantitative estimate of drug-likeness (QED) is 0.198. The Morgan fingerprint density at radius 3 is 2.42 bits per heavy atom. The van der Waals surface area contributed by atoms with Gasteiger partial charge in [0.1, 0.15) is 11.4 Å². The number of anilines is 4. The summed E-state index contributed by atoms with van der Waals surface area (Å²) in [6, 6.07) is 16.0. The molecule has 43 heavy (non-hydrogen) atoms. The van der Waals surface area contributed by atoms with Gasteiger partial charge < -0.3 is 26.0 Å². The van der Waals surface area contributed by atoms with Gasteiger partial charge in [-0.1, -0.05) is 37.3 Å². The number of carbonyl (C=O) groups excluding carboxylic acids is 2. The van der Waals surface area contributed by atoms with Gasteiger partial charge >= 0.3 is 5.97 Å². The van der Waals surface area contributed by atoms with Crippen LogP contribution in [-0.4, -0.2) is 52.4 Å². The molecule has 1 amide bonds. The Morgan fingerprint density at radius 2 is 1.79 bits per heavy atom. The van der Waals surface area contributed by atoms with Gasteiger partial charge in [-0.25, -0.2) is 9.37 Å². The van der Waals surface area contributed by atoms with E-state index in [1.165, 1.54) is 0 Å². The number of aromatic nitrogens is 3. The topological polar surface area (TPSA) is 127 Å². The fraction of sp³-hybridized carbons (Fsp3) is 0.375. The monoisotopic (exact) mass is 589 g/mol. The maximum Gasteiger partial charge on any atom is 0.306 e. The highest BCUT2D eigenvalue weighted by molar-refractivity contribution is 5.99. The predicted octanol–water partition coefficient (Wildman–Crippen LogP) is 5.41. The van der Waals surface area contributed by atoms with Crippen molar-refractivity contribution < 1.29 is 18.7 Å². The number of benzene rings is 2. The highest BCUT2D eigenvalue weighted by Crippen LogP contribution is 2.31. The maximum absolute atomic E-state index is 15.5. The van der Waals surface area contributed by atoms with Crippen LogP contribution in [0, 0.1) is 11.7 Å². The smallest absolute Gasteiger partial charge is 0.306 e. The van der Waals surface area contributed by atoms with Crippen LogP contribution in [-0.2, 0) is 23.0 Å². The summed E-state index contributed by atoms with van der Waals surface area (Å²) in [6.45, 7) is 7.36. The second kappa shape index (κ2) is 12.7. The molecule has 2 aromatic carbocycles. The normalized spacial score (nSPS) is 12.9. The van der Waals surface area contributed by atoms with Gasteiger partial charge in [0.2, 0.25) is 0 Å². The lowest BCUT2D eigenvalue weighted by molar-refractivity contribution is -0.155. The number of rotatable bonds is 11. The Labute approximate surface area is 251 Å². The second-order valence-corrected chi connectivity index (χ2v) is 12.0. The summed E-state index contributed by atoms with van der Waals surface area (Å²) >= 11 is 0. The number of hydrogen-bond donors (Lipinski definition) is 3. The summed E-state index contributed by atoms with van der Waals surface area (Å²) in [5.41, 5.74) is 7.45. The first-order valence-corrected chi connectivity index (χ1v) is 14.2. The molecule has 4 rings (SSSR count). The largest absolute Gasteiger partial charge is 0.460 e. The third-order valence-corrected chi connectivity index (χ3v) is 6.97. The van der Waals surface area contributed by atoms with Crippen LogP contribution in [0.3, 0.4) is 0 Å². The highest BCUT2D eigenvalue weighted by Gasteiger charge is 2.26. The molecule has 0 unspecified atom stereocenters. The fourth-order valence-corrected chi connectivity index (χ4v) is 4.89. The average molecular weight is 590 g/mol. The number of nitrogens with two attached hydrogens (primary N) is 1. The number of amides is 1. The van der Waals surface area contributed by atoms with Crippen molar-refractivity contribution >= 4 is 45.9 Å². The summed E-state index contributed by atoms with van der Waals surface area (Å²) in [5.74, 6) is -1.35. The summed E-state index contributed by atoms with van der Waals surface area (Å²) in [6.07, 6.45) is 0.616. The van der Waals surface area contributed by atoms with Crippen LogP contribution in [0.25, 0.3) is 10.9 Å². The van der Waals surface area contributed by atoms with Gasteiger partial charge in [0.15, 0.2) is 17.5 Å². The molecule has 11 heteroatoms. The van der Waals surface area contributed by atoms with Crippen molar-refractivity contribution in [2.45, 2.75) is 52.2 Å². The van der Waals surface area contributed by atoms with Gasteiger partial charge in [-0.2, -0.15) is 5.10 Å².